The highest BCUT2D eigenvalue weighted by Gasteiger charge is 2.28. The first-order valence-corrected chi connectivity index (χ1v) is 6.42. The lowest BCUT2D eigenvalue weighted by molar-refractivity contribution is -0.144. The normalized spacial score (nSPS) is 19.2. The van der Waals surface area contributed by atoms with Crippen LogP contribution in [0.2, 0.25) is 0 Å². The third kappa shape index (κ3) is 4.33. The number of aldehydes is 1. The minimum atomic E-state index is -0.641. The topological polar surface area (TPSA) is 54.4 Å². The van der Waals surface area contributed by atoms with Gasteiger partial charge >= 0.3 is 5.97 Å². The van der Waals surface area contributed by atoms with Crippen LogP contribution in [0, 0.1) is 11.8 Å². The first-order valence-electron chi connectivity index (χ1n) is 6.42. The van der Waals surface area contributed by atoms with E-state index in [1.165, 1.54) is 19.3 Å². The average molecular weight is 226 g/mol. The molecule has 1 unspecified atom stereocenters. The predicted molar refractivity (Wildman–Crippen MR) is 62.2 cm³/mol. The third-order valence-electron chi connectivity index (χ3n) is 3.62. The van der Waals surface area contributed by atoms with Gasteiger partial charge in [-0.3, -0.25) is 4.79 Å². The van der Waals surface area contributed by atoms with Crippen LogP contribution in [0.4, 0.5) is 0 Å². The van der Waals surface area contributed by atoms with E-state index in [1.807, 2.05) is 0 Å². The molecule has 0 spiro atoms. The number of hydrogen-bond acceptors (Lipinski definition) is 2. The monoisotopic (exact) mass is 226 g/mol. The number of unbranched alkanes of at least 4 members (excludes halogenated alkanes) is 2. The van der Waals surface area contributed by atoms with E-state index in [1.54, 1.807) is 0 Å². The second-order valence-corrected chi connectivity index (χ2v) is 4.79. The van der Waals surface area contributed by atoms with Crippen molar-refractivity contribution in [3.63, 3.8) is 0 Å². The van der Waals surface area contributed by atoms with E-state index in [4.69, 9.17) is 0 Å². The molecule has 3 heteroatoms. The minimum Gasteiger partial charge on any atom is -0.481 e. The number of carbonyl (C=O) groups is 2. The Hall–Kier alpha value is -0.860. The molecule has 0 aliphatic heterocycles. The molecule has 0 bridgehead atoms. The highest BCUT2D eigenvalue weighted by atomic mass is 16.4. The van der Waals surface area contributed by atoms with Gasteiger partial charge in [-0.1, -0.05) is 25.7 Å². The molecule has 3 nitrogen and oxygen atoms in total. The Morgan fingerprint density at radius 3 is 2.50 bits per heavy atom. The van der Waals surface area contributed by atoms with E-state index < -0.39 is 5.97 Å². The number of carboxylic acids is 1. The number of hydrogen-bond donors (Lipinski definition) is 1. The fourth-order valence-electron chi connectivity index (χ4n) is 2.69. The fraction of sp³-hybridized carbons (Fsp3) is 0.846. The molecule has 0 amide bonds. The molecule has 0 aromatic rings. The zero-order valence-corrected chi connectivity index (χ0v) is 9.86. The van der Waals surface area contributed by atoms with Gasteiger partial charge in [0.25, 0.3) is 0 Å². The van der Waals surface area contributed by atoms with Gasteiger partial charge in [-0.2, -0.15) is 0 Å². The summed E-state index contributed by atoms with van der Waals surface area (Å²) in [5.74, 6) is -0.438. The minimum absolute atomic E-state index is 0.174. The van der Waals surface area contributed by atoms with E-state index in [2.05, 4.69) is 0 Å². The number of aliphatic carboxylic acids is 1. The number of rotatable bonds is 7. The molecule has 1 N–H and O–H groups in total. The molecular formula is C13H22O3. The molecular weight excluding hydrogens is 204 g/mol. The smallest absolute Gasteiger partial charge is 0.306 e. The maximum Gasteiger partial charge on any atom is 0.306 e. The van der Waals surface area contributed by atoms with Crippen molar-refractivity contribution in [1.82, 2.24) is 0 Å². The number of carboxylic acid groups (broad SMARTS) is 1. The van der Waals surface area contributed by atoms with Crippen molar-refractivity contribution in [2.24, 2.45) is 11.8 Å². The third-order valence-corrected chi connectivity index (χ3v) is 3.62. The molecule has 0 heterocycles. The van der Waals surface area contributed by atoms with Crippen molar-refractivity contribution in [2.45, 2.75) is 57.8 Å². The van der Waals surface area contributed by atoms with Crippen LogP contribution in [0.5, 0.6) is 0 Å². The molecule has 1 aliphatic rings. The van der Waals surface area contributed by atoms with Crippen molar-refractivity contribution in [3.05, 3.63) is 0 Å². The Kier molecular flexibility index (Phi) is 6.12. The average Bonchev–Trinajstić information content (AvgIpc) is 2.30. The molecule has 0 radical (unpaired) electrons. The van der Waals surface area contributed by atoms with Crippen molar-refractivity contribution < 1.29 is 14.7 Å². The second-order valence-electron chi connectivity index (χ2n) is 4.79. The largest absolute Gasteiger partial charge is 0.481 e. The summed E-state index contributed by atoms with van der Waals surface area (Å²) in [7, 11) is 0. The van der Waals surface area contributed by atoms with E-state index in [-0.39, 0.29) is 5.92 Å². The van der Waals surface area contributed by atoms with E-state index in [9.17, 15) is 14.7 Å². The summed E-state index contributed by atoms with van der Waals surface area (Å²) in [5.41, 5.74) is 0. The Bertz CT molecular complexity index is 219. The van der Waals surface area contributed by atoms with Gasteiger partial charge in [0, 0.05) is 6.42 Å². The van der Waals surface area contributed by atoms with Crippen LogP contribution in [0.25, 0.3) is 0 Å². The fourth-order valence-corrected chi connectivity index (χ4v) is 2.69. The quantitative estimate of drug-likeness (QED) is 0.536. The molecule has 1 atom stereocenters. The van der Waals surface area contributed by atoms with Gasteiger partial charge in [0.1, 0.15) is 6.29 Å². The summed E-state index contributed by atoms with van der Waals surface area (Å²) in [6.45, 7) is 0. The Morgan fingerprint density at radius 2 is 1.94 bits per heavy atom. The second kappa shape index (κ2) is 7.42. The molecule has 16 heavy (non-hydrogen) atoms. The Labute approximate surface area is 97.2 Å². The maximum absolute atomic E-state index is 11.2. The lowest BCUT2D eigenvalue weighted by atomic mass is 9.78. The van der Waals surface area contributed by atoms with Gasteiger partial charge in [0.2, 0.25) is 0 Å². The van der Waals surface area contributed by atoms with Crippen LogP contribution < -0.4 is 0 Å². The zero-order chi connectivity index (χ0) is 11.8. The van der Waals surface area contributed by atoms with Crippen LogP contribution in [0.3, 0.4) is 0 Å². The van der Waals surface area contributed by atoms with Gasteiger partial charge in [-0.05, 0) is 31.6 Å². The van der Waals surface area contributed by atoms with Crippen molar-refractivity contribution in [3.8, 4) is 0 Å². The summed E-state index contributed by atoms with van der Waals surface area (Å²) >= 11 is 0. The van der Waals surface area contributed by atoms with E-state index in [0.717, 1.165) is 38.4 Å². The van der Waals surface area contributed by atoms with Crippen LogP contribution in [-0.4, -0.2) is 17.4 Å². The van der Waals surface area contributed by atoms with E-state index in [0.29, 0.717) is 12.3 Å². The standard InChI is InChI=1S/C13H22O3/c14-10-6-2-5-9-12(13(15)16)11-7-3-1-4-8-11/h10-12H,1-9H2,(H,15,16). The van der Waals surface area contributed by atoms with Gasteiger partial charge in [0.05, 0.1) is 5.92 Å². The predicted octanol–water partition coefficient (Wildman–Crippen LogP) is 3.03. The van der Waals surface area contributed by atoms with Gasteiger partial charge in [-0.25, -0.2) is 0 Å². The van der Waals surface area contributed by atoms with Crippen LogP contribution in [0.1, 0.15) is 57.8 Å². The van der Waals surface area contributed by atoms with Crippen LogP contribution >= 0.6 is 0 Å². The maximum atomic E-state index is 11.2. The molecule has 92 valence electrons. The first-order chi connectivity index (χ1) is 7.75. The lowest BCUT2D eigenvalue weighted by Crippen LogP contribution is -2.25. The van der Waals surface area contributed by atoms with Gasteiger partial charge < -0.3 is 9.90 Å². The van der Waals surface area contributed by atoms with Crippen molar-refractivity contribution in [2.75, 3.05) is 0 Å². The first kappa shape index (κ1) is 13.2. The molecule has 1 fully saturated rings. The van der Waals surface area contributed by atoms with Gasteiger partial charge in [0.15, 0.2) is 0 Å². The molecule has 0 aromatic carbocycles. The summed E-state index contributed by atoms with van der Waals surface area (Å²) < 4.78 is 0. The SMILES string of the molecule is O=CCCCCC(C(=O)O)C1CCCCC1. The van der Waals surface area contributed by atoms with Crippen LogP contribution in [-0.2, 0) is 9.59 Å². The summed E-state index contributed by atoms with van der Waals surface area (Å²) in [4.78, 5) is 21.4. The van der Waals surface area contributed by atoms with E-state index >= 15 is 0 Å². The molecule has 1 aliphatic carbocycles. The molecule has 1 rings (SSSR count). The molecule has 1 saturated carbocycles. The summed E-state index contributed by atoms with van der Waals surface area (Å²) in [6.07, 6.45) is 9.70. The molecule has 0 saturated heterocycles. The zero-order valence-electron chi connectivity index (χ0n) is 9.86. The highest BCUT2D eigenvalue weighted by molar-refractivity contribution is 5.70. The summed E-state index contributed by atoms with van der Waals surface area (Å²) in [5, 5.41) is 9.21. The summed E-state index contributed by atoms with van der Waals surface area (Å²) in [6, 6.07) is 0. The Balaban J connectivity index is 2.34. The van der Waals surface area contributed by atoms with Crippen LogP contribution in [0.15, 0.2) is 0 Å². The molecule has 0 aromatic heterocycles. The highest BCUT2D eigenvalue weighted by Crippen LogP contribution is 2.32. The lowest BCUT2D eigenvalue weighted by Gasteiger charge is -2.27. The van der Waals surface area contributed by atoms with Crippen molar-refractivity contribution in [1.29, 1.82) is 0 Å². The number of carbonyl (C=O) groups excluding carboxylic acids is 1. The Morgan fingerprint density at radius 1 is 1.25 bits per heavy atom. The van der Waals surface area contributed by atoms with Gasteiger partial charge in [-0.15, -0.1) is 0 Å². The van der Waals surface area contributed by atoms with Crippen molar-refractivity contribution >= 4 is 12.3 Å².